The van der Waals surface area contributed by atoms with Crippen molar-refractivity contribution in [3.05, 3.63) is 70.9 Å². The van der Waals surface area contributed by atoms with Crippen LogP contribution < -0.4 is 19.9 Å². The maximum atomic E-state index is 6.01. The third kappa shape index (κ3) is 2.69. The number of benzene rings is 2. The van der Waals surface area contributed by atoms with Crippen molar-refractivity contribution >= 4 is 11.9 Å². The Morgan fingerprint density at radius 1 is 0.964 bits per heavy atom. The van der Waals surface area contributed by atoms with E-state index in [1.807, 2.05) is 36.4 Å². The highest BCUT2D eigenvalue weighted by Crippen LogP contribution is 2.47. The van der Waals surface area contributed by atoms with Crippen molar-refractivity contribution in [1.82, 2.24) is 10.2 Å². The van der Waals surface area contributed by atoms with Crippen LogP contribution in [-0.2, 0) is 11.8 Å². The highest BCUT2D eigenvalue weighted by Gasteiger charge is 2.37. The fraction of sp³-hybridized carbons (Fsp3) is 0.227. The van der Waals surface area contributed by atoms with E-state index >= 15 is 0 Å². The predicted molar refractivity (Wildman–Crippen MR) is 109 cm³/mol. The van der Waals surface area contributed by atoms with Gasteiger partial charge in [-0.05, 0) is 23.3 Å². The molecule has 0 bridgehead atoms. The van der Waals surface area contributed by atoms with Crippen LogP contribution in [0.3, 0.4) is 0 Å². The van der Waals surface area contributed by atoms with E-state index in [9.17, 15) is 0 Å². The molecule has 6 nitrogen and oxygen atoms in total. The molecule has 1 aromatic heterocycles. The van der Waals surface area contributed by atoms with Crippen LogP contribution in [-0.4, -0.2) is 31.5 Å². The van der Waals surface area contributed by atoms with Crippen LogP contribution in [0, 0.1) is 0 Å². The largest absolute Gasteiger partial charge is 0.493 e. The van der Waals surface area contributed by atoms with Crippen molar-refractivity contribution in [3.8, 4) is 17.2 Å². The summed E-state index contributed by atoms with van der Waals surface area (Å²) in [5, 5.41) is 7.26. The molecule has 0 spiro atoms. The van der Waals surface area contributed by atoms with Gasteiger partial charge in [-0.3, -0.25) is 5.10 Å². The van der Waals surface area contributed by atoms with Crippen molar-refractivity contribution in [3.63, 3.8) is 0 Å². The monoisotopic (exact) mass is 377 g/mol. The minimum Gasteiger partial charge on any atom is -0.493 e. The quantitative estimate of drug-likeness (QED) is 0.710. The van der Waals surface area contributed by atoms with Gasteiger partial charge < -0.3 is 19.9 Å². The number of allylic oxidation sites excluding steroid dienone is 1. The molecule has 3 aromatic rings. The standard InChI is InChI=1S/C22H23N3O3/c1-26-18-11-15(12-19(27-2)20(18)28-3)22(14-7-5-4-6-8-14)10-9-16-17(13-22)24-25-21(16)23/h4-12H,13H2,1-3H3,(H3,23,24,25). The molecule has 2 aromatic carbocycles. The summed E-state index contributed by atoms with van der Waals surface area (Å²) in [6.07, 6.45) is 4.90. The molecule has 6 heteroatoms. The number of aromatic amines is 1. The Morgan fingerprint density at radius 3 is 2.25 bits per heavy atom. The van der Waals surface area contributed by atoms with Crippen LogP contribution in [0.1, 0.15) is 22.4 Å². The first-order valence-corrected chi connectivity index (χ1v) is 9.01. The number of nitrogens with zero attached hydrogens (tertiary/aromatic N) is 1. The summed E-state index contributed by atoms with van der Waals surface area (Å²) in [5.74, 6) is 2.33. The first-order chi connectivity index (χ1) is 13.6. The maximum Gasteiger partial charge on any atom is 0.203 e. The lowest BCUT2D eigenvalue weighted by molar-refractivity contribution is 0.323. The number of hydrogen-bond donors (Lipinski definition) is 2. The highest BCUT2D eigenvalue weighted by molar-refractivity contribution is 5.70. The SMILES string of the molecule is COc1cc(C2(c3ccccc3)C=Cc3c(N)n[nH]c3C2)cc(OC)c1OC. The normalized spacial score (nSPS) is 17.8. The van der Waals surface area contributed by atoms with Crippen LogP contribution in [0.4, 0.5) is 5.82 Å². The van der Waals surface area contributed by atoms with Gasteiger partial charge in [0.15, 0.2) is 17.3 Å². The fourth-order valence-corrected chi connectivity index (χ4v) is 3.92. The van der Waals surface area contributed by atoms with E-state index in [-0.39, 0.29) is 0 Å². The molecule has 1 unspecified atom stereocenters. The van der Waals surface area contributed by atoms with Gasteiger partial charge in [0.2, 0.25) is 5.75 Å². The lowest BCUT2D eigenvalue weighted by atomic mass is 9.68. The Balaban J connectivity index is 1.96. The molecule has 0 saturated carbocycles. The first-order valence-electron chi connectivity index (χ1n) is 9.01. The zero-order chi connectivity index (χ0) is 19.7. The number of nitrogens with one attached hydrogen (secondary N) is 1. The van der Waals surface area contributed by atoms with Crippen molar-refractivity contribution in [2.45, 2.75) is 11.8 Å². The van der Waals surface area contributed by atoms with E-state index in [0.717, 1.165) is 22.4 Å². The van der Waals surface area contributed by atoms with Crippen molar-refractivity contribution in [1.29, 1.82) is 0 Å². The minimum absolute atomic E-state index is 0.430. The molecule has 1 atom stereocenters. The number of nitrogens with two attached hydrogens (primary N) is 1. The third-order valence-electron chi connectivity index (χ3n) is 5.37. The molecule has 144 valence electrons. The topological polar surface area (TPSA) is 82.4 Å². The smallest absolute Gasteiger partial charge is 0.203 e. The predicted octanol–water partition coefficient (Wildman–Crippen LogP) is 3.57. The van der Waals surface area contributed by atoms with E-state index in [4.69, 9.17) is 19.9 Å². The Hall–Kier alpha value is -3.41. The van der Waals surface area contributed by atoms with Gasteiger partial charge in [0.05, 0.1) is 21.3 Å². The Labute approximate surface area is 163 Å². The van der Waals surface area contributed by atoms with Gasteiger partial charge in [0, 0.05) is 23.1 Å². The second kappa shape index (κ2) is 6.96. The van der Waals surface area contributed by atoms with Crippen LogP contribution in [0.15, 0.2) is 48.5 Å². The molecule has 1 heterocycles. The Kier molecular flexibility index (Phi) is 4.47. The van der Waals surface area contributed by atoms with Crippen LogP contribution in [0.2, 0.25) is 0 Å². The number of rotatable bonds is 5. The molecule has 1 aliphatic rings. The second-order valence-corrected chi connectivity index (χ2v) is 6.76. The molecule has 0 aliphatic heterocycles. The molecular formula is C22H23N3O3. The maximum absolute atomic E-state index is 6.01. The molecular weight excluding hydrogens is 354 g/mol. The van der Waals surface area contributed by atoms with Gasteiger partial charge in [-0.2, -0.15) is 5.10 Å². The van der Waals surface area contributed by atoms with Crippen molar-refractivity contribution in [2.24, 2.45) is 0 Å². The summed E-state index contributed by atoms with van der Waals surface area (Å²) in [6, 6.07) is 14.3. The van der Waals surface area contributed by atoms with Gasteiger partial charge in [-0.25, -0.2) is 0 Å². The molecule has 0 saturated heterocycles. The number of ether oxygens (including phenoxy) is 3. The molecule has 4 rings (SSSR count). The highest BCUT2D eigenvalue weighted by atomic mass is 16.5. The Morgan fingerprint density at radius 2 is 1.64 bits per heavy atom. The summed E-state index contributed by atoms with van der Waals surface area (Å²) in [5.41, 5.74) is 9.70. The van der Waals surface area contributed by atoms with Gasteiger partial charge in [-0.1, -0.05) is 42.5 Å². The summed E-state index contributed by atoms with van der Waals surface area (Å²) in [4.78, 5) is 0. The van der Waals surface area contributed by atoms with Crippen LogP contribution in [0.25, 0.3) is 6.08 Å². The van der Waals surface area contributed by atoms with E-state index in [1.54, 1.807) is 21.3 Å². The van der Waals surface area contributed by atoms with Crippen molar-refractivity contribution < 1.29 is 14.2 Å². The molecule has 28 heavy (non-hydrogen) atoms. The lowest BCUT2D eigenvalue weighted by Gasteiger charge is -2.35. The molecule has 1 aliphatic carbocycles. The minimum atomic E-state index is -0.430. The number of nitrogen functional groups attached to an aromatic ring is 1. The first kappa shape index (κ1) is 18.0. The van der Waals surface area contributed by atoms with Crippen molar-refractivity contribution in [2.75, 3.05) is 27.1 Å². The average molecular weight is 377 g/mol. The molecule has 0 radical (unpaired) electrons. The van der Waals surface area contributed by atoms with Gasteiger partial charge in [0.25, 0.3) is 0 Å². The number of methoxy groups -OCH3 is 3. The number of aromatic nitrogens is 2. The number of anilines is 1. The number of hydrogen-bond acceptors (Lipinski definition) is 5. The zero-order valence-electron chi connectivity index (χ0n) is 16.2. The van der Waals surface area contributed by atoms with Crippen LogP contribution in [0.5, 0.6) is 17.2 Å². The second-order valence-electron chi connectivity index (χ2n) is 6.76. The van der Waals surface area contributed by atoms with E-state index in [1.165, 1.54) is 0 Å². The average Bonchev–Trinajstić information content (AvgIpc) is 3.12. The summed E-state index contributed by atoms with van der Waals surface area (Å²) in [6.45, 7) is 0. The van der Waals surface area contributed by atoms with Gasteiger partial charge >= 0.3 is 0 Å². The van der Waals surface area contributed by atoms with Gasteiger partial charge in [0.1, 0.15) is 0 Å². The van der Waals surface area contributed by atoms with Gasteiger partial charge in [-0.15, -0.1) is 0 Å². The fourth-order valence-electron chi connectivity index (χ4n) is 3.92. The molecule has 0 amide bonds. The third-order valence-corrected chi connectivity index (χ3v) is 5.37. The number of H-pyrrole nitrogens is 1. The summed E-state index contributed by atoms with van der Waals surface area (Å²) in [7, 11) is 4.86. The Bertz CT molecular complexity index is 1000. The van der Waals surface area contributed by atoms with E-state index < -0.39 is 5.41 Å². The summed E-state index contributed by atoms with van der Waals surface area (Å²) < 4.78 is 16.7. The van der Waals surface area contributed by atoms with E-state index in [2.05, 4.69) is 28.4 Å². The van der Waals surface area contributed by atoms with E-state index in [0.29, 0.717) is 29.5 Å². The van der Waals surface area contributed by atoms with Crippen LogP contribution >= 0.6 is 0 Å². The molecule has 3 N–H and O–H groups in total. The lowest BCUT2D eigenvalue weighted by Crippen LogP contribution is -2.30. The zero-order valence-corrected chi connectivity index (χ0v) is 16.2. The molecule has 0 fully saturated rings. The summed E-state index contributed by atoms with van der Waals surface area (Å²) >= 11 is 0. The number of fused-ring (bicyclic) bond motifs is 1.